The molecule has 1 heterocycles. The van der Waals surface area contributed by atoms with Crippen molar-refractivity contribution in [2.45, 2.75) is 46.6 Å². The third-order valence-corrected chi connectivity index (χ3v) is 5.66. The summed E-state index contributed by atoms with van der Waals surface area (Å²) in [5, 5.41) is 13.8. The van der Waals surface area contributed by atoms with Gasteiger partial charge in [-0.25, -0.2) is 4.79 Å². The van der Waals surface area contributed by atoms with Crippen LogP contribution >= 0.6 is 0 Å². The third kappa shape index (κ3) is 6.11. The monoisotopic (exact) mass is 449 g/mol. The molecule has 0 saturated heterocycles. The maximum atomic E-state index is 12.7. The first kappa shape index (κ1) is 24.3. The Morgan fingerprint density at radius 3 is 2.55 bits per heavy atom. The molecule has 0 fully saturated rings. The fourth-order valence-corrected chi connectivity index (χ4v) is 3.64. The normalized spacial score (nSPS) is 11.8. The van der Waals surface area contributed by atoms with E-state index in [0.717, 1.165) is 22.1 Å². The van der Waals surface area contributed by atoms with Gasteiger partial charge in [0.25, 0.3) is 0 Å². The molecule has 0 aliphatic heterocycles. The molecule has 0 radical (unpaired) electrons. The first-order chi connectivity index (χ1) is 15.8. The number of fused-ring (bicyclic) bond motifs is 1. The highest BCUT2D eigenvalue weighted by molar-refractivity contribution is 5.86. The van der Waals surface area contributed by atoms with Gasteiger partial charge in [0.05, 0.1) is 6.10 Å². The van der Waals surface area contributed by atoms with Gasteiger partial charge in [-0.05, 0) is 63.5 Å². The summed E-state index contributed by atoms with van der Waals surface area (Å²) in [6, 6.07) is 12.9. The lowest BCUT2D eigenvalue weighted by Crippen LogP contribution is -2.29. The molecule has 0 bridgehead atoms. The predicted molar refractivity (Wildman–Crippen MR) is 130 cm³/mol. The molecule has 1 aromatic heterocycles. The largest absolute Gasteiger partial charge is 0.489 e. The topological polar surface area (TPSA) is 88.8 Å². The lowest BCUT2D eigenvalue weighted by molar-refractivity contribution is -0.121. The average Bonchev–Trinajstić information content (AvgIpc) is 2.79. The van der Waals surface area contributed by atoms with E-state index in [4.69, 9.17) is 9.15 Å². The minimum atomic E-state index is -0.779. The van der Waals surface area contributed by atoms with Crippen LogP contribution in [0, 0.1) is 13.8 Å². The van der Waals surface area contributed by atoms with Gasteiger partial charge in [0, 0.05) is 29.5 Å². The van der Waals surface area contributed by atoms with E-state index in [1.165, 1.54) is 5.57 Å². The van der Waals surface area contributed by atoms with E-state index in [9.17, 15) is 14.7 Å². The predicted octanol–water partition coefficient (Wildman–Crippen LogP) is 4.54. The van der Waals surface area contributed by atoms with Gasteiger partial charge in [-0.3, -0.25) is 4.79 Å². The van der Waals surface area contributed by atoms with Crippen LogP contribution < -0.4 is 15.7 Å². The van der Waals surface area contributed by atoms with Gasteiger partial charge >= 0.3 is 5.63 Å². The van der Waals surface area contributed by atoms with E-state index in [1.54, 1.807) is 12.1 Å². The van der Waals surface area contributed by atoms with Crippen molar-refractivity contribution in [3.8, 4) is 5.75 Å². The van der Waals surface area contributed by atoms with Crippen LogP contribution in [0.1, 0.15) is 48.6 Å². The number of hydrogen-bond donors (Lipinski definition) is 2. The molecule has 2 aromatic carbocycles. The fraction of sp³-hybridized carbons (Fsp3) is 0.333. The Kier molecular flexibility index (Phi) is 8.06. The summed E-state index contributed by atoms with van der Waals surface area (Å²) in [7, 11) is 0. The fourth-order valence-electron chi connectivity index (χ4n) is 3.64. The summed E-state index contributed by atoms with van der Waals surface area (Å²) in [5.74, 6) is 0.440. The first-order valence-corrected chi connectivity index (χ1v) is 11.1. The zero-order valence-corrected chi connectivity index (χ0v) is 19.6. The highest BCUT2D eigenvalue weighted by Gasteiger charge is 2.17. The summed E-state index contributed by atoms with van der Waals surface area (Å²) in [6.45, 7) is 8.31. The number of rotatable bonds is 9. The molecule has 6 nitrogen and oxygen atoms in total. The number of ether oxygens (including phenoxy) is 1. The van der Waals surface area contributed by atoms with E-state index in [2.05, 4.69) is 5.32 Å². The zero-order chi connectivity index (χ0) is 24.0. The zero-order valence-electron chi connectivity index (χ0n) is 19.6. The van der Waals surface area contributed by atoms with Crippen LogP contribution in [0.3, 0.4) is 0 Å². The van der Waals surface area contributed by atoms with Crippen molar-refractivity contribution in [3.05, 3.63) is 86.8 Å². The van der Waals surface area contributed by atoms with Gasteiger partial charge in [0.2, 0.25) is 5.91 Å². The Balaban J connectivity index is 1.68. The Hall–Kier alpha value is -3.38. The molecular formula is C27H31NO5. The lowest BCUT2D eigenvalue weighted by Gasteiger charge is -2.14. The Bertz CT molecular complexity index is 1210. The molecule has 2 N–H and O–H groups in total. The van der Waals surface area contributed by atoms with Gasteiger partial charge in [-0.1, -0.05) is 35.9 Å². The van der Waals surface area contributed by atoms with Crippen molar-refractivity contribution in [2.24, 2.45) is 0 Å². The average molecular weight is 450 g/mol. The number of carbonyl (C=O) groups excluding carboxylic acids is 1. The Morgan fingerprint density at radius 2 is 1.85 bits per heavy atom. The maximum Gasteiger partial charge on any atom is 0.339 e. The smallest absolute Gasteiger partial charge is 0.339 e. The van der Waals surface area contributed by atoms with Crippen LogP contribution in [0.15, 0.2) is 63.3 Å². The molecular weight excluding hydrogens is 418 g/mol. The van der Waals surface area contributed by atoms with Crippen molar-refractivity contribution in [1.82, 2.24) is 5.32 Å². The van der Waals surface area contributed by atoms with Gasteiger partial charge in [0.15, 0.2) is 0 Å². The highest BCUT2D eigenvalue weighted by atomic mass is 16.5. The number of nitrogens with one attached hydrogen (secondary N) is 1. The molecule has 3 rings (SSSR count). The quantitative estimate of drug-likeness (QED) is 0.370. The SMILES string of the molecule is CC(C)=CCOc1ccc2c(C)c(CCC(=O)NC[C@H](O)c3ccccc3)c(=O)oc2c1C. The summed E-state index contributed by atoms with van der Waals surface area (Å²) in [5.41, 5.74) is 4.03. The number of hydrogen-bond acceptors (Lipinski definition) is 5. The molecule has 1 amide bonds. The number of allylic oxidation sites excluding steroid dienone is 1. The number of amides is 1. The van der Waals surface area contributed by atoms with Crippen LogP contribution in [0.2, 0.25) is 0 Å². The molecule has 0 aliphatic rings. The molecule has 0 saturated carbocycles. The molecule has 0 spiro atoms. The minimum absolute atomic E-state index is 0.114. The lowest BCUT2D eigenvalue weighted by atomic mass is 10.00. The number of aliphatic hydroxyl groups excluding tert-OH is 1. The van der Waals surface area contributed by atoms with Crippen LogP contribution in [-0.4, -0.2) is 24.2 Å². The van der Waals surface area contributed by atoms with Gasteiger partial charge in [-0.2, -0.15) is 0 Å². The van der Waals surface area contributed by atoms with Crippen LogP contribution in [0.25, 0.3) is 11.0 Å². The standard InChI is InChI=1S/C27H31NO5/c1-17(2)14-15-32-24-12-10-21-18(3)22(27(31)33-26(21)19(24)4)11-13-25(30)28-16-23(29)20-8-6-5-7-9-20/h5-10,12,14,23,29H,11,13,15-16H2,1-4H3,(H,28,30)/t23-/m0/s1. The second-order valence-electron chi connectivity index (χ2n) is 8.38. The van der Waals surface area contributed by atoms with E-state index >= 15 is 0 Å². The van der Waals surface area contributed by atoms with Gasteiger partial charge in [-0.15, -0.1) is 0 Å². The summed E-state index contributed by atoms with van der Waals surface area (Å²) in [6.07, 6.45) is 1.59. The molecule has 33 heavy (non-hydrogen) atoms. The number of aliphatic hydroxyl groups is 1. The second kappa shape index (κ2) is 11.0. The van der Waals surface area contributed by atoms with Gasteiger partial charge < -0.3 is 19.6 Å². The van der Waals surface area contributed by atoms with Crippen molar-refractivity contribution in [1.29, 1.82) is 0 Å². The first-order valence-electron chi connectivity index (χ1n) is 11.1. The number of carbonyl (C=O) groups is 1. The maximum absolute atomic E-state index is 12.7. The molecule has 0 aliphatic carbocycles. The van der Waals surface area contributed by atoms with E-state index in [1.807, 2.05) is 64.1 Å². The van der Waals surface area contributed by atoms with Crippen molar-refractivity contribution in [2.75, 3.05) is 13.2 Å². The van der Waals surface area contributed by atoms with E-state index in [0.29, 0.717) is 23.5 Å². The Labute approximate surface area is 193 Å². The van der Waals surface area contributed by atoms with Crippen molar-refractivity contribution in [3.63, 3.8) is 0 Å². The molecule has 1 atom stereocenters. The molecule has 6 heteroatoms. The minimum Gasteiger partial charge on any atom is -0.489 e. The number of benzene rings is 2. The van der Waals surface area contributed by atoms with Gasteiger partial charge in [0.1, 0.15) is 17.9 Å². The molecule has 0 unspecified atom stereocenters. The van der Waals surface area contributed by atoms with E-state index < -0.39 is 11.7 Å². The number of aryl methyl sites for hydroxylation is 2. The molecule has 174 valence electrons. The van der Waals surface area contributed by atoms with E-state index in [-0.39, 0.29) is 25.3 Å². The van der Waals surface area contributed by atoms with Crippen molar-refractivity contribution >= 4 is 16.9 Å². The summed E-state index contributed by atoms with van der Waals surface area (Å²) < 4.78 is 11.4. The van der Waals surface area contributed by atoms with Crippen LogP contribution in [-0.2, 0) is 11.2 Å². The highest BCUT2D eigenvalue weighted by Crippen LogP contribution is 2.29. The Morgan fingerprint density at radius 1 is 1.12 bits per heavy atom. The molecule has 3 aromatic rings. The van der Waals surface area contributed by atoms with Crippen LogP contribution in [0.4, 0.5) is 0 Å². The summed E-state index contributed by atoms with van der Waals surface area (Å²) in [4.78, 5) is 25.0. The summed E-state index contributed by atoms with van der Waals surface area (Å²) >= 11 is 0. The second-order valence-corrected chi connectivity index (χ2v) is 8.38. The third-order valence-electron chi connectivity index (χ3n) is 5.66. The van der Waals surface area contributed by atoms with Crippen LogP contribution in [0.5, 0.6) is 5.75 Å². The van der Waals surface area contributed by atoms with Crippen molar-refractivity contribution < 1.29 is 19.1 Å².